The maximum atomic E-state index is 9.30. The van der Waals surface area contributed by atoms with Crippen molar-refractivity contribution in [3.63, 3.8) is 0 Å². The topological polar surface area (TPSA) is 114 Å². The van der Waals surface area contributed by atoms with E-state index in [0.29, 0.717) is 11.9 Å². The van der Waals surface area contributed by atoms with Crippen LogP contribution < -0.4 is 15.5 Å². The summed E-state index contributed by atoms with van der Waals surface area (Å²) in [7, 11) is 4.60. The van der Waals surface area contributed by atoms with Gasteiger partial charge in [-0.25, -0.2) is 0 Å². The van der Waals surface area contributed by atoms with E-state index in [-0.39, 0.29) is 32.9 Å². The number of aliphatic hydroxyl groups is 1. The third-order valence-electron chi connectivity index (χ3n) is 2.11. The van der Waals surface area contributed by atoms with Crippen molar-refractivity contribution in [1.29, 1.82) is 0 Å². The minimum atomic E-state index is -0.286. The highest BCUT2D eigenvalue weighted by Crippen LogP contribution is 2.13. The van der Waals surface area contributed by atoms with Crippen molar-refractivity contribution in [1.82, 2.24) is 15.0 Å². The number of nitrogens with zero attached hydrogens (tertiary/aromatic N) is 4. The number of nitrogens with one attached hydrogen (secondary N) is 2. The summed E-state index contributed by atoms with van der Waals surface area (Å²) in [5, 5.41) is 15.0. The van der Waals surface area contributed by atoms with Crippen molar-refractivity contribution in [2.24, 2.45) is 0 Å². The highest BCUT2D eigenvalue weighted by molar-refractivity contribution is 5.43. The van der Waals surface area contributed by atoms with Gasteiger partial charge in [0.1, 0.15) is 26.9 Å². The van der Waals surface area contributed by atoms with Crippen LogP contribution in [0.5, 0.6) is 0 Å². The Bertz CT molecular complexity index is 368. The summed E-state index contributed by atoms with van der Waals surface area (Å²) in [6, 6.07) is 0. The Morgan fingerprint density at radius 1 is 0.950 bits per heavy atom. The number of methoxy groups -OCH3 is 3. The fourth-order valence-corrected chi connectivity index (χ4v) is 1.26. The summed E-state index contributed by atoms with van der Waals surface area (Å²) in [6.45, 7) is 0.354. The smallest absolute Gasteiger partial charge is 0.235 e. The Morgan fingerprint density at radius 2 is 1.50 bits per heavy atom. The Hall–Kier alpha value is -1.75. The van der Waals surface area contributed by atoms with E-state index in [4.69, 9.17) is 14.2 Å². The number of rotatable bonds is 10. The van der Waals surface area contributed by atoms with Crippen molar-refractivity contribution >= 4 is 17.8 Å². The molecule has 1 rings (SSSR count). The van der Waals surface area contributed by atoms with Gasteiger partial charge in [-0.3, -0.25) is 4.90 Å². The summed E-state index contributed by atoms with van der Waals surface area (Å²) in [5.74, 6) is 0.886. The zero-order valence-electron chi connectivity index (χ0n) is 11.8. The van der Waals surface area contributed by atoms with Crippen molar-refractivity contribution in [2.45, 2.75) is 0 Å². The number of aromatic nitrogens is 3. The normalized spacial score (nSPS) is 10.4. The van der Waals surface area contributed by atoms with Crippen LogP contribution in [0, 0.1) is 0 Å². The highest BCUT2D eigenvalue weighted by Gasteiger charge is 2.12. The lowest BCUT2D eigenvalue weighted by Crippen LogP contribution is -2.29. The molecular weight excluding hydrogens is 268 g/mol. The van der Waals surface area contributed by atoms with Gasteiger partial charge in [0.15, 0.2) is 0 Å². The van der Waals surface area contributed by atoms with Gasteiger partial charge in [-0.1, -0.05) is 0 Å². The van der Waals surface area contributed by atoms with Crippen LogP contribution in [0.4, 0.5) is 17.8 Å². The number of ether oxygens (including phenoxy) is 3. The SMILES string of the molecule is COCNc1nc(NCOC)nc(N(CO)COC)n1. The third-order valence-corrected chi connectivity index (χ3v) is 2.11. The molecule has 0 amide bonds. The van der Waals surface area contributed by atoms with Crippen molar-refractivity contribution < 1.29 is 19.3 Å². The van der Waals surface area contributed by atoms with Crippen LogP contribution in [0.25, 0.3) is 0 Å². The molecule has 0 radical (unpaired) electrons. The fraction of sp³-hybridized carbons (Fsp3) is 0.700. The first-order chi connectivity index (χ1) is 9.74. The molecule has 3 N–H and O–H groups in total. The lowest BCUT2D eigenvalue weighted by Gasteiger charge is -2.19. The van der Waals surface area contributed by atoms with Gasteiger partial charge in [-0.2, -0.15) is 15.0 Å². The molecule has 0 saturated heterocycles. The third kappa shape index (κ3) is 5.09. The van der Waals surface area contributed by atoms with Gasteiger partial charge < -0.3 is 30.0 Å². The second-order valence-electron chi connectivity index (χ2n) is 3.60. The van der Waals surface area contributed by atoms with Crippen molar-refractivity contribution in [3.05, 3.63) is 0 Å². The average Bonchev–Trinajstić information content (AvgIpc) is 2.48. The van der Waals surface area contributed by atoms with Gasteiger partial charge >= 0.3 is 0 Å². The van der Waals surface area contributed by atoms with Crippen molar-refractivity contribution in [3.8, 4) is 0 Å². The molecule has 1 aromatic heterocycles. The molecule has 10 nitrogen and oxygen atoms in total. The monoisotopic (exact) mass is 288 g/mol. The van der Waals surface area contributed by atoms with E-state index in [0.717, 1.165) is 0 Å². The van der Waals surface area contributed by atoms with Crippen LogP contribution in [0.15, 0.2) is 0 Å². The molecule has 0 aliphatic carbocycles. The first kappa shape index (κ1) is 16.3. The zero-order chi connectivity index (χ0) is 14.8. The number of hydrogen-bond donors (Lipinski definition) is 3. The van der Waals surface area contributed by atoms with E-state index in [1.807, 2.05) is 0 Å². The largest absolute Gasteiger partial charge is 0.376 e. The second-order valence-corrected chi connectivity index (χ2v) is 3.60. The Balaban J connectivity index is 2.94. The lowest BCUT2D eigenvalue weighted by atomic mass is 10.7. The van der Waals surface area contributed by atoms with Crippen LogP contribution >= 0.6 is 0 Å². The highest BCUT2D eigenvalue weighted by atomic mass is 16.5. The van der Waals surface area contributed by atoms with Crippen LogP contribution in [0.3, 0.4) is 0 Å². The maximum absolute atomic E-state index is 9.30. The van der Waals surface area contributed by atoms with Crippen molar-refractivity contribution in [2.75, 3.05) is 63.8 Å². The zero-order valence-corrected chi connectivity index (χ0v) is 11.8. The second kappa shape index (κ2) is 9.20. The van der Waals surface area contributed by atoms with E-state index < -0.39 is 0 Å². The number of anilines is 3. The van der Waals surface area contributed by atoms with Gasteiger partial charge in [0, 0.05) is 21.3 Å². The lowest BCUT2D eigenvalue weighted by molar-refractivity contribution is 0.166. The molecule has 0 atom stereocenters. The Kier molecular flexibility index (Phi) is 7.50. The predicted octanol–water partition coefficient (Wildman–Crippen LogP) is -0.737. The van der Waals surface area contributed by atoms with Gasteiger partial charge in [-0.05, 0) is 0 Å². The van der Waals surface area contributed by atoms with Crippen LogP contribution in [-0.4, -0.2) is 68.3 Å². The first-order valence-corrected chi connectivity index (χ1v) is 5.81. The molecule has 10 heteroatoms. The van der Waals surface area contributed by atoms with E-state index in [2.05, 4.69) is 25.6 Å². The number of hydrogen-bond acceptors (Lipinski definition) is 10. The van der Waals surface area contributed by atoms with Crippen LogP contribution in [0.1, 0.15) is 0 Å². The van der Waals surface area contributed by atoms with E-state index in [9.17, 15) is 5.11 Å². The summed E-state index contributed by atoms with van der Waals surface area (Å²) >= 11 is 0. The van der Waals surface area contributed by atoms with Gasteiger partial charge in [-0.15, -0.1) is 0 Å². The minimum absolute atomic E-state index is 0.147. The minimum Gasteiger partial charge on any atom is -0.376 e. The quantitative estimate of drug-likeness (QED) is 0.476. The van der Waals surface area contributed by atoms with E-state index >= 15 is 0 Å². The summed E-state index contributed by atoms with van der Waals surface area (Å²) in [4.78, 5) is 13.9. The molecule has 0 bridgehead atoms. The molecule has 0 aromatic carbocycles. The fourth-order valence-electron chi connectivity index (χ4n) is 1.26. The molecule has 20 heavy (non-hydrogen) atoms. The molecule has 0 fully saturated rings. The van der Waals surface area contributed by atoms with Crippen LogP contribution in [0.2, 0.25) is 0 Å². The molecular formula is C10H20N6O4. The average molecular weight is 288 g/mol. The molecule has 114 valence electrons. The summed E-state index contributed by atoms with van der Waals surface area (Å²) < 4.78 is 14.8. The number of aliphatic hydroxyl groups excluding tert-OH is 1. The first-order valence-electron chi connectivity index (χ1n) is 5.81. The van der Waals surface area contributed by atoms with E-state index in [1.54, 1.807) is 14.2 Å². The van der Waals surface area contributed by atoms with Crippen LogP contribution in [-0.2, 0) is 14.2 Å². The molecule has 0 unspecified atom stereocenters. The summed E-state index contributed by atoms with van der Waals surface area (Å²) in [5.41, 5.74) is 0. The molecule has 0 saturated carbocycles. The van der Waals surface area contributed by atoms with E-state index in [1.165, 1.54) is 12.0 Å². The maximum Gasteiger partial charge on any atom is 0.235 e. The molecule has 0 aliphatic heterocycles. The van der Waals surface area contributed by atoms with Gasteiger partial charge in [0.25, 0.3) is 0 Å². The summed E-state index contributed by atoms with van der Waals surface area (Å²) in [6.07, 6.45) is 0. The molecule has 0 aliphatic rings. The molecule has 0 spiro atoms. The predicted molar refractivity (Wildman–Crippen MR) is 72.3 cm³/mol. The Morgan fingerprint density at radius 3 is 1.90 bits per heavy atom. The molecule has 1 aromatic rings. The Labute approximate surface area is 117 Å². The molecule has 1 heterocycles. The van der Waals surface area contributed by atoms with Gasteiger partial charge in [0.05, 0.1) is 0 Å². The van der Waals surface area contributed by atoms with Gasteiger partial charge in [0.2, 0.25) is 17.8 Å². The standard InChI is InChI=1S/C10H20N6O4/c1-18-4-11-8-13-9(12-5-19-2)15-10(14-8)16(6-17)7-20-3/h17H,4-7H2,1-3H3,(H2,11,12,13,14,15).